The van der Waals surface area contributed by atoms with Gasteiger partial charge in [0, 0.05) is 25.8 Å². The van der Waals surface area contributed by atoms with Gasteiger partial charge in [-0.3, -0.25) is 0 Å². The molecular weight excluding hydrogens is 297 g/mol. The number of nitrogens with one attached hydrogen (secondary N) is 2. The van der Waals surface area contributed by atoms with Gasteiger partial charge in [-0.15, -0.1) is 0 Å². The van der Waals surface area contributed by atoms with Crippen molar-refractivity contribution in [2.45, 2.75) is 43.9 Å². The number of nitrogens with zero attached hydrogens (tertiary/aromatic N) is 1. The Balaban J connectivity index is 1.31. The fourth-order valence-electron chi connectivity index (χ4n) is 3.35. The highest BCUT2D eigenvalue weighted by Crippen LogP contribution is 2.34. The van der Waals surface area contributed by atoms with E-state index in [0.717, 1.165) is 37.9 Å². The fourth-order valence-corrected chi connectivity index (χ4v) is 3.35. The average molecular weight is 321 g/mol. The van der Waals surface area contributed by atoms with Gasteiger partial charge >= 0.3 is 6.03 Å². The van der Waals surface area contributed by atoms with Gasteiger partial charge < -0.3 is 20.3 Å². The molecule has 6 heteroatoms. The standard InChI is InChI=1S/C17H24FN3O2/c1-21(13-5-3-12(18)4-6-13)10-2-9-19-17(22)20-15-11-14-7-8-16(15)23-14/h3-6,14-16H,2,7-11H2,1H3,(H2,19,20,22)/t14-,15+,16-/m1/s1. The van der Waals surface area contributed by atoms with E-state index < -0.39 is 0 Å². The van der Waals surface area contributed by atoms with Gasteiger partial charge in [0.15, 0.2) is 0 Å². The van der Waals surface area contributed by atoms with E-state index in [2.05, 4.69) is 10.6 Å². The zero-order valence-electron chi connectivity index (χ0n) is 13.4. The van der Waals surface area contributed by atoms with Crippen molar-refractivity contribution in [3.63, 3.8) is 0 Å². The first-order valence-corrected chi connectivity index (χ1v) is 8.28. The molecule has 1 aromatic rings. The van der Waals surface area contributed by atoms with Crippen molar-refractivity contribution in [1.29, 1.82) is 0 Å². The Labute approximate surface area is 136 Å². The van der Waals surface area contributed by atoms with Crippen LogP contribution in [0.5, 0.6) is 0 Å². The predicted molar refractivity (Wildman–Crippen MR) is 87.1 cm³/mol. The van der Waals surface area contributed by atoms with Crippen molar-refractivity contribution in [2.75, 3.05) is 25.0 Å². The average Bonchev–Trinajstić information content (AvgIpc) is 3.15. The molecule has 0 radical (unpaired) electrons. The molecule has 2 amide bonds. The van der Waals surface area contributed by atoms with Crippen molar-refractivity contribution in [1.82, 2.24) is 10.6 Å². The van der Waals surface area contributed by atoms with E-state index in [-0.39, 0.29) is 24.0 Å². The Morgan fingerprint density at radius 2 is 2.13 bits per heavy atom. The number of rotatable bonds is 6. The lowest BCUT2D eigenvalue weighted by Crippen LogP contribution is -2.46. The van der Waals surface area contributed by atoms with Gasteiger partial charge in [0.05, 0.1) is 18.2 Å². The number of carbonyl (C=O) groups excluding carboxylic acids is 1. The van der Waals surface area contributed by atoms with Crippen LogP contribution < -0.4 is 15.5 Å². The monoisotopic (exact) mass is 321 g/mol. The number of anilines is 1. The lowest BCUT2D eigenvalue weighted by atomic mass is 9.96. The summed E-state index contributed by atoms with van der Waals surface area (Å²) in [5, 5.41) is 5.90. The zero-order valence-corrected chi connectivity index (χ0v) is 13.4. The van der Waals surface area contributed by atoms with E-state index in [4.69, 9.17) is 4.74 Å². The Kier molecular flexibility index (Phi) is 5.00. The number of fused-ring (bicyclic) bond motifs is 2. The number of ether oxygens (including phenoxy) is 1. The number of hydrogen-bond acceptors (Lipinski definition) is 3. The summed E-state index contributed by atoms with van der Waals surface area (Å²) < 4.78 is 18.6. The van der Waals surface area contributed by atoms with Gasteiger partial charge in [-0.2, -0.15) is 0 Å². The van der Waals surface area contributed by atoms with Gasteiger partial charge in [0.1, 0.15) is 5.82 Å². The summed E-state index contributed by atoms with van der Waals surface area (Å²) in [7, 11) is 1.96. The van der Waals surface area contributed by atoms with Crippen molar-refractivity contribution >= 4 is 11.7 Å². The quantitative estimate of drug-likeness (QED) is 0.790. The van der Waals surface area contributed by atoms with Gasteiger partial charge in [0.25, 0.3) is 0 Å². The highest BCUT2D eigenvalue weighted by molar-refractivity contribution is 5.74. The summed E-state index contributed by atoms with van der Waals surface area (Å²) in [6.07, 6.45) is 4.49. The van der Waals surface area contributed by atoms with Gasteiger partial charge in [-0.25, -0.2) is 9.18 Å². The molecule has 0 aliphatic carbocycles. The molecule has 2 heterocycles. The second kappa shape index (κ2) is 7.17. The van der Waals surface area contributed by atoms with Crippen LogP contribution in [0, 0.1) is 5.82 Å². The van der Waals surface area contributed by atoms with Crippen LogP contribution in [0.15, 0.2) is 24.3 Å². The molecule has 1 aromatic carbocycles. The van der Waals surface area contributed by atoms with Crippen molar-refractivity contribution in [3.8, 4) is 0 Å². The topological polar surface area (TPSA) is 53.6 Å². The summed E-state index contributed by atoms with van der Waals surface area (Å²) in [6.45, 7) is 1.40. The maximum Gasteiger partial charge on any atom is 0.315 e. The minimum atomic E-state index is -0.231. The van der Waals surface area contributed by atoms with Crippen LogP contribution in [0.2, 0.25) is 0 Å². The Morgan fingerprint density at radius 1 is 1.35 bits per heavy atom. The van der Waals surface area contributed by atoms with E-state index in [1.54, 1.807) is 12.1 Å². The first-order chi connectivity index (χ1) is 11.1. The van der Waals surface area contributed by atoms with Crippen LogP contribution in [-0.2, 0) is 4.74 Å². The molecule has 0 saturated carbocycles. The normalized spacial score (nSPS) is 25.4. The molecule has 5 nitrogen and oxygen atoms in total. The maximum absolute atomic E-state index is 12.9. The summed E-state index contributed by atoms with van der Waals surface area (Å²) >= 11 is 0. The van der Waals surface area contributed by atoms with Crippen molar-refractivity contribution in [2.24, 2.45) is 0 Å². The largest absolute Gasteiger partial charge is 0.375 e. The smallest absolute Gasteiger partial charge is 0.315 e. The molecule has 2 fully saturated rings. The highest BCUT2D eigenvalue weighted by Gasteiger charge is 2.41. The third-order valence-corrected chi connectivity index (χ3v) is 4.65. The van der Waals surface area contributed by atoms with Crippen molar-refractivity contribution in [3.05, 3.63) is 30.1 Å². The lowest BCUT2D eigenvalue weighted by Gasteiger charge is -2.21. The molecule has 23 heavy (non-hydrogen) atoms. The predicted octanol–water partition coefficient (Wildman–Crippen LogP) is 2.27. The number of carbonyl (C=O) groups is 1. The molecule has 0 unspecified atom stereocenters. The molecule has 2 bridgehead atoms. The number of urea groups is 1. The molecule has 0 aromatic heterocycles. The molecule has 3 rings (SSSR count). The Bertz CT molecular complexity index is 537. The fraction of sp³-hybridized carbons (Fsp3) is 0.588. The van der Waals surface area contributed by atoms with E-state index in [1.807, 2.05) is 11.9 Å². The first-order valence-electron chi connectivity index (χ1n) is 8.28. The van der Waals surface area contributed by atoms with Crippen LogP contribution in [0.3, 0.4) is 0 Å². The Hall–Kier alpha value is -1.82. The minimum absolute atomic E-state index is 0.115. The number of amides is 2. The third-order valence-electron chi connectivity index (χ3n) is 4.65. The number of benzene rings is 1. The molecule has 2 aliphatic heterocycles. The number of hydrogen-bond donors (Lipinski definition) is 2. The third kappa shape index (κ3) is 4.13. The first kappa shape index (κ1) is 16.1. The van der Waals surface area contributed by atoms with Gasteiger partial charge in [-0.1, -0.05) is 0 Å². The van der Waals surface area contributed by atoms with Crippen molar-refractivity contribution < 1.29 is 13.9 Å². The van der Waals surface area contributed by atoms with Gasteiger partial charge in [-0.05, 0) is 49.9 Å². The summed E-state index contributed by atoms with van der Waals surface area (Å²) in [5.74, 6) is -0.231. The zero-order chi connectivity index (χ0) is 16.2. The molecule has 3 atom stereocenters. The van der Waals surface area contributed by atoms with Crippen LogP contribution in [0.1, 0.15) is 25.7 Å². The van der Waals surface area contributed by atoms with E-state index in [1.165, 1.54) is 12.1 Å². The molecule has 2 saturated heterocycles. The maximum atomic E-state index is 12.9. The molecule has 126 valence electrons. The summed E-state index contributed by atoms with van der Waals surface area (Å²) in [5.41, 5.74) is 0.968. The highest BCUT2D eigenvalue weighted by atomic mass is 19.1. The molecule has 0 spiro atoms. The van der Waals surface area contributed by atoms with Crippen LogP contribution >= 0.6 is 0 Å². The SMILES string of the molecule is CN(CCCNC(=O)N[C@H]1C[C@H]2CC[C@H]1O2)c1ccc(F)cc1. The summed E-state index contributed by atoms with van der Waals surface area (Å²) in [4.78, 5) is 13.9. The van der Waals surface area contributed by atoms with Crippen LogP contribution in [0.25, 0.3) is 0 Å². The second-order valence-corrected chi connectivity index (χ2v) is 6.37. The van der Waals surface area contributed by atoms with E-state index in [0.29, 0.717) is 12.6 Å². The van der Waals surface area contributed by atoms with Crippen LogP contribution in [-0.4, -0.2) is 44.4 Å². The minimum Gasteiger partial charge on any atom is -0.375 e. The lowest BCUT2D eigenvalue weighted by molar-refractivity contribution is 0.0981. The van der Waals surface area contributed by atoms with Gasteiger partial charge in [0.2, 0.25) is 0 Å². The van der Waals surface area contributed by atoms with Crippen LogP contribution in [0.4, 0.5) is 14.9 Å². The molecular formula is C17H24FN3O2. The second-order valence-electron chi connectivity index (χ2n) is 6.37. The molecule has 2 aliphatic rings. The van der Waals surface area contributed by atoms with E-state index in [9.17, 15) is 9.18 Å². The number of halogens is 1. The molecule has 2 N–H and O–H groups in total. The van der Waals surface area contributed by atoms with E-state index >= 15 is 0 Å². The Morgan fingerprint density at radius 3 is 2.78 bits per heavy atom. The summed E-state index contributed by atoms with van der Waals surface area (Å²) in [6, 6.07) is 6.46.